The quantitative estimate of drug-likeness (QED) is 0.779. The maximum absolute atomic E-state index is 11.8. The molecule has 5 nitrogen and oxygen atoms in total. The topological polar surface area (TPSA) is 78.4 Å². The van der Waals surface area contributed by atoms with Gasteiger partial charge in [-0.25, -0.2) is 9.59 Å². The van der Waals surface area contributed by atoms with E-state index in [2.05, 4.69) is 17.6 Å². The third-order valence-electron chi connectivity index (χ3n) is 3.90. The molecule has 0 bridgehead atoms. The van der Waals surface area contributed by atoms with Crippen molar-refractivity contribution in [3.05, 3.63) is 35.4 Å². The van der Waals surface area contributed by atoms with Crippen LogP contribution in [0, 0.1) is 5.92 Å². The average molecular weight is 290 g/mol. The molecule has 0 heterocycles. The molecule has 0 spiro atoms. The van der Waals surface area contributed by atoms with Gasteiger partial charge >= 0.3 is 12.0 Å². The Balaban J connectivity index is 1.72. The second kappa shape index (κ2) is 7.11. The van der Waals surface area contributed by atoms with E-state index in [4.69, 9.17) is 5.11 Å². The number of carbonyl (C=O) groups excluding carboxylic acids is 1. The number of hydrogen-bond acceptors (Lipinski definition) is 2. The van der Waals surface area contributed by atoms with E-state index in [1.54, 1.807) is 18.2 Å². The largest absolute Gasteiger partial charge is 0.478 e. The standard InChI is InChI=1S/C16H22N2O3/c1-11-5-6-14(9-11)18-16(21)17-8-7-12-3-2-4-13(10-12)15(19)20/h2-4,10-11,14H,5-9H2,1H3,(H,19,20)(H2,17,18,21). The smallest absolute Gasteiger partial charge is 0.335 e. The maximum atomic E-state index is 11.8. The number of carbonyl (C=O) groups is 2. The van der Waals surface area contributed by atoms with E-state index in [9.17, 15) is 9.59 Å². The van der Waals surface area contributed by atoms with Crippen LogP contribution in [0.3, 0.4) is 0 Å². The summed E-state index contributed by atoms with van der Waals surface area (Å²) in [6.07, 6.45) is 3.89. The van der Waals surface area contributed by atoms with Crippen LogP contribution in [0.1, 0.15) is 42.1 Å². The zero-order valence-corrected chi connectivity index (χ0v) is 12.3. The Morgan fingerprint density at radius 1 is 1.33 bits per heavy atom. The monoisotopic (exact) mass is 290 g/mol. The molecule has 0 aliphatic heterocycles. The average Bonchev–Trinajstić information content (AvgIpc) is 2.84. The highest BCUT2D eigenvalue weighted by molar-refractivity contribution is 5.87. The van der Waals surface area contributed by atoms with Crippen molar-refractivity contribution >= 4 is 12.0 Å². The van der Waals surface area contributed by atoms with E-state index in [1.165, 1.54) is 6.42 Å². The van der Waals surface area contributed by atoms with Gasteiger partial charge < -0.3 is 15.7 Å². The number of amides is 2. The number of rotatable bonds is 5. The third kappa shape index (κ3) is 4.77. The minimum Gasteiger partial charge on any atom is -0.478 e. The van der Waals surface area contributed by atoms with Crippen LogP contribution in [-0.2, 0) is 6.42 Å². The highest BCUT2D eigenvalue weighted by atomic mass is 16.4. The number of hydrogen-bond donors (Lipinski definition) is 3. The van der Waals surface area contributed by atoms with Crippen LogP contribution in [0.5, 0.6) is 0 Å². The Labute approximate surface area is 124 Å². The molecule has 1 aromatic rings. The maximum Gasteiger partial charge on any atom is 0.335 e. The Bertz CT molecular complexity index is 516. The summed E-state index contributed by atoms with van der Waals surface area (Å²) in [6.45, 7) is 2.70. The fraction of sp³-hybridized carbons (Fsp3) is 0.500. The van der Waals surface area contributed by atoms with Gasteiger partial charge in [-0.1, -0.05) is 19.1 Å². The van der Waals surface area contributed by atoms with Gasteiger partial charge in [-0.05, 0) is 49.3 Å². The van der Waals surface area contributed by atoms with Crippen molar-refractivity contribution in [3.8, 4) is 0 Å². The summed E-state index contributed by atoms with van der Waals surface area (Å²) < 4.78 is 0. The third-order valence-corrected chi connectivity index (χ3v) is 3.90. The first kappa shape index (κ1) is 15.4. The highest BCUT2D eigenvalue weighted by Crippen LogP contribution is 2.24. The van der Waals surface area contributed by atoms with Gasteiger partial charge in [-0.3, -0.25) is 0 Å². The predicted molar refractivity (Wildman–Crippen MR) is 80.4 cm³/mol. The zero-order valence-electron chi connectivity index (χ0n) is 12.3. The number of nitrogens with one attached hydrogen (secondary N) is 2. The Hall–Kier alpha value is -2.04. The van der Waals surface area contributed by atoms with Gasteiger partial charge in [0.2, 0.25) is 0 Å². The van der Waals surface area contributed by atoms with E-state index in [0.717, 1.165) is 18.4 Å². The molecule has 5 heteroatoms. The summed E-state index contributed by atoms with van der Waals surface area (Å²) in [5.41, 5.74) is 1.18. The molecule has 0 saturated heterocycles. The molecular weight excluding hydrogens is 268 g/mol. The van der Waals surface area contributed by atoms with E-state index < -0.39 is 5.97 Å². The summed E-state index contributed by atoms with van der Waals surface area (Å²) in [5.74, 6) is -0.244. The molecule has 3 N–H and O–H groups in total. The fourth-order valence-electron chi connectivity index (χ4n) is 2.75. The molecule has 114 valence electrons. The number of aromatic carboxylic acids is 1. The SMILES string of the molecule is CC1CCC(NC(=O)NCCc2cccc(C(=O)O)c2)C1. The van der Waals surface area contributed by atoms with Crippen molar-refractivity contribution < 1.29 is 14.7 Å². The predicted octanol–water partition coefficient (Wildman–Crippen LogP) is 2.42. The molecule has 1 aliphatic rings. The van der Waals surface area contributed by atoms with Crippen LogP contribution in [0.25, 0.3) is 0 Å². The first-order chi connectivity index (χ1) is 10.0. The molecule has 0 radical (unpaired) electrons. The first-order valence-corrected chi connectivity index (χ1v) is 7.41. The van der Waals surface area contributed by atoms with Crippen molar-refractivity contribution in [1.29, 1.82) is 0 Å². The molecule has 2 amide bonds. The van der Waals surface area contributed by atoms with Crippen LogP contribution < -0.4 is 10.6 Å². The molecule has 1 saturated carbocycles. The lowest BCUT2D eigenvalue weighted by Crippen LogP contribution is -2.41. The summed E-state index contributed by atoms with van der Waals surface area (Å²) in [5, 5.41) is 14.7. The molecule has 2 rings (SSSR count). The molecule has 1 aliphatic carbocycles. The van der Waals surface area contributed by atoms with Crippen LogP contribution in [0.15, 0.2) is 24.3 Å². The van der Waals surface area contributed by atoms with Gasteiger partial charge in [0.15, 0.2) is 0 Å². The van der Waals surface area contributed by atoms with Gasteiger partial charge in [0, 0.05) is 12.6 Å². The Morgan fingerprint density at radius 3 is 2.81 bits per heavy atom. The Kier molecular flexibility index (Phi) is 5.20. The van der Waals surface area contributed by atoms with E-state index in [0.29, 0.717) is 18.9 Å². The van der Waals surface area contributed by atoms with Crippen LogP contribution in [0.2, 0.25) is 0 Å². The molecule has 2 atom stereocenters. The summed E-state index contributed by atoms with van der Waals surface area (Å²) in [4.78, 5) is 22.6. The van der Waals surface area contributed by atoms with E-state index in [1.807, 2.05) is 6.07 Å². The second-order valence-corrected chi connectivity index (χ2v) is 5.77. The first-order valence-electron chi connectivity index (χ1n) is 7.41. The molecule has 0 aromatic heterocycles. The van der Waals surface area contributed by atoms with Gasteiger partial charge in [-0.15, -0.1) is 0 Å². The number of benzene rings is 1. The van der Waals surface area contributed by atoms with Crippen LogP contribution in [-0.4, -0.2) is 29.7 Å². The second-order valence-electron chi connectivity index (χ2n) is 5.77. The number of urea groups is 1. The van der Waals surface area contributed by atoms with Crippen molar-refractivity contribution in [2.24, 2.45) is 5.92 Å². The van der Waals surface area contributed by atoms with Crippen molar-refractivity contribution in [1.82, 2.24) is 10.6 Å². The summed E-state index contributed by atoms with van der Waals surface area (Å²) in [7, 11) is 0. The van der Waals surface area contributed by atoms with Crippen molar-refractivity contribution in [3.63, 3.8) is 0 Å². The van der Waals surface area contributed by atoms with Gasteiger partial charge in [0.1, 0.15) is 0 Å². The lowest BCUT2D eigenvalue weighted by Gasteiger charge is -2.13. The van der Waals surface area contributed by atoms with Crippen molar-refractivity contribution in [2.75, 3.05) is 6.54 Å². The van der Waals surface area contributed by atoms with Gasteiger partial charge in [-0.2, -0.15) is 0 Å². The zero-order chi connectivity index (χ0) is 15.2. The van der Waals surface area contributed by atoms with Crippen LogP contribution in [0.4, 0.5) is 4.79 Å². The molecule has 1 fully saturated rings. The van der Waals surface area contributed by atoms with Crippen LogP contribution >= 0.6 is 0 Å². The summed E-state index contributed by atoms with van der Waals surface area (Å²) in [6, 6.07) is 6.94. The molecule has 2 unspecified atom stereocenters. The number of carboxylic acid groups (broad SMARTS) is 1. The van der Waals surface area contributed by atoms with Crippen molar-refractivity contribution in [2.45, 2.75) is 38.6 Å². The number of carboxylic acids is 1. The highest BCUT2D eigenvalue weighted by Gasteiger charge is 2.22. The molecule has 1 aromatic carbocycles. The van der Waals surface area contributed by atoms with E-state index in [-0.39, 0.29) is 17.6 Å². The fourth-order valence-corrected chi connectivity index (χ4v) is 2.75. The normalized spacial score (nSPS) is 21.0. The lowest BCUT2D eigenvalue weighted by molar-refractivity contribution is 0.0696. The Morgan fingerprint density at radius 2 is 2.14 bits per heavy atom. The van der Waals surface area contributed by atoms with Gasteiger partial charge in [0.05, 0.1) is 5.56 Å². The minimum absolute atomic E-state index is 0.136. The minimum atomic E-state index is -0.932. The lowest BCUT2D eigenvalue weighted by atomic mass is 10.1. The molecular formula is C16H22N2O3. The van der Waals surface area contributed by atoms with Gasteiger partial charge in [0.25, 0.3) is 0 Å². The summed E-state index contributed by atoms with van der Waals surface area (Å²) >= 11 is 0. The van der Waals surface area contributed by atoms with E-state index >= 15 is 0 Å². The molecule has 21 heavy (non-hydrogen) atoms.